The van der Waals surface area contributed by atoms with Crippen LogP contribution in [0.2, 0.25) is 0 Å². The Bertz CT molecular complexity index is 804. The van der Waals surface area contributed by atoms with Gasteiger partial charge in [0.05, 0.1) is 11.0 Å². The molecule has 2 N–H and O–H groups in total. The average Bonchev–Trinajstić information content (AvgIpc) is 3.03. The standard InChI is InChI=1S/C13H14N6O2/c1-18(2)10(20)7-19-9-6-4-3-5-8(9)15-13(19)11-12(14)17-21-16-11/h3-6H,7H2,1-2H3,(H2,14,17). The highest BCUT2D eigenvalue weighted by Gasteiger charge is 2.20. The molecule has 3 aromatic rings. The number of hydrogen-bond acceptors (Lipinski definition) is 6. The average molecular weight is 286 g/mol. The van der Waals surface area contributed by atoms with E-state index in [2.05, 4.69) is 19.9 Å². The topological polar surface area (TPSA) is 103 Å². The quantitative estimate of drug-likeness (QED) is 0.762. The number of imidazole rings is 1. The van der Waals surface area contributed by atoms with Gasteiger partial charge < -0.3 is 15.2 Å². The summed E-state index contributed by atoms with van der Waals surface area (Å²) in [4.78, 5) is 18.0. The van der Waals surface area contributed by atoms with Crippen molar-refractivity contribution >= 4 is 22.8 Å². The van der Waals surface area contributed by atoms with Crippen LogP contribution in [0.1, 0.15) is 0 Å². The molecular formula is C13H14N6O2. The Hall–Kier alpha value is -2.90. The van der Waals surface area contributed by atoms with E-state index in [1.165, 1.54) is 4.90 Å². The van der Waals surface area contributed by atoms with E-state index in [0.29, 0.717) is 11.5 Å². The Balaban J connectivity index is 2.19. The molecule has 1 amide bonds. The Labute approximate surface area is 120 Å². The van der Waals surface area contributed by atoms with Crippen LogP contribution in [-0.4, -0.2) is 44.8 Å². The van der Waals surface area contributed by atoms with E-state index in [4.69, 9.17) is 5.73 Å². The molecule has 0 fully saturated rings. The van der Waals surface area contributed by atoms with E-state index in [1.807, 2.05) is 24.3 Å². The maximum Gasteiger partial charge on any atom is 0.242 e. The van der Waals surface area contributed by atoms with Crippen molar-refractivity contribution < 1.29 is 9.42 Å². The van der Waals surface area contributed by atoms with Crippen molar-refractivity contribution in [3.8, 4) is 11.5 Å². The third-order valence-corrected chi connectivity index (χ3v) is 3.17. The van der Waals surface area contributed by atoms with Crippen molar-refractivity contribution in [2.75, 3.05) is 19.8 Å². The van der Waals surface area contributed by atoms with Gasteiger partial charge in [-0.2, -0.15) is 0 Å². The van der Waals surface area contributed by atoms with E-state index in [9.17, 15) is 4.79 Å². The maximum atomic E-state index is 12.0. The van der Waals surface area contributed by atoms with E-state index >= 15 is 0 Å². The summed E-state index contributed by atoms with van der Waals surface area (Å²) in [6.45, 7) is 0.134. The minimum Gasteiger partial charge on any atom is -0.379 e. The Morgan fingerprint density at radius 1 is 1.33 bits per heavy atom. The molecule has 0 aliphatic rings. The molecule has 3 rings (SSSR count). The molecule has 1 aromatic carbocycles. The summed E-state index contributed by atoms with van der Waals surface area (Å²) in [6, 6.07) is 7.51. The number of nitrogens with zero attached hydrogens (tertiary/aromatic N) is 5. The van der Waals surface area contributed by atoms with E-state index < -0.39 is 0 Å². The number of amides is 1. The molecule has 0 bridgehead atoms. The van der Waals surface area contributed by atoms with Crippen LogP contribution in [0.5, 0.6) is 0 Å². The van der Waals surface area contributed by atoms with E-state index in [0.717, 1.165) is 11.0 Å². The lowest BCUT2D eigenvalue weighted by Crippen LogP contribution is -2.26. The third kappa shape index (κ3) is 2.20. The van der Waals surface area contributed by atoms with Crippen LogP contribution in [0.3, 0.4) is 0 Å². The largest absolute Gasteiger partial charge is 0.379 e. The number of carbonyl (C=O) groups excluding carboxylic acids is 1. The molecule has 0 spiro atoms. The van der Waals surface area contributed by atoms with Gasteiger partial charge in [-0.1, -0.05) is 12.1 Å². The number of rotatable bonds is 3. The molecule has 0 atom stereocenters. The van der Waals surface area contributed by atoms with Crippen LogP contribution in [0.15, 0.2) is 28.9 Å². The molecule has 0 aliphatic heterocycles. The molecule has 21 heavy (non-hydrogen) atoms. The number of hydrogen-bond donors (Lipinski definition) is 1. The summed E-state index contributed by atoms with van der Waals surface area (Å²) in [5, 5.41) is 7.34. The second kappa shape index (κ2) is 4.89. The fourth-order valence-electron chi connectivity index (χ4n) is 2.04. The molecule has 108 valence electrons. The molecule has 0 saturated heterocycles. The highest BCUT2D eigenvalue weighted by atomic mass is 16.6. The van der Waals surface area contributed by atoms with Gasteiger partial charge in [0.1, 0.15) is 6.54 Å². The first-order valence-corrected chi connectivity index (χ1v) is 6.31. The Morgan fingerprint density at radius 2 is 2.10 bits per heavy atom. The predicted molar refractivity (Wildman–Crippen MR) is 76.1 cm³/mol. The van der Waals surface area contributed by atoms with Crippen molar-refractivity contribution in [3.05, 3.63) is 24.3 Å². The second-order valence-electron chi connectivity index (χ2n) is 4.80. The molecule has 0 radical (unpaired) electrons. The normalized spacial score (nSPS) is 11.0. The SMILES string of the molecule is CN(C)C(=O)Cn1c(-c2nonc2N)nc2ccccc21. The minimum atomic E-state index is -0.0607. The predicted octanol–water partition coefficient (Wildman–Crippen LogP) is 0.757. The number of nitrogens with two attached hydrogens (primary N) is 1. The number of nitrogen functional groups attached to an aromatic ring is 1. The molecule has 8 nitrogen and oxygen atoms in total. The van der Waals surface area contributed by atoms with Crippen LogP contribution in [0.4, 0.5) is 5.82 Å². The van der Waals surface area contributed by atoms with Crippen LogP contribution < -0.4 is 5.73 Å². The van der Waals surface area contributed by atoms with Gasteiger partial charge >= 0.3 is 0 Å². The Kier molecular flexibility index (Phi) is 3.05. The minimum absolute atomic E-state index is 0.0607. The fraction of sp³-hybridized carbons (Fsp3) is 0.231. The number of aromatic nitrogens is 4. The fourth-order valence-corrected chi connectivity index (χ4v) is 2.04. The molecule has 0 aliphatic carbocycles. The van der Waals surface area contributed by atoms with Gasteiger partial charge in [0, 0.05) is 14.1 Å². The first kappa shape index (κ1) is 13.1. The molecule has 0 unspecified atom stereocenters. The zero-order valence-corrected chi connectivity index (χ0v) is 11.6. The number of carbonyl (C=O) groups is 1. The molecular weight excluding hydrogens is 272 g/mol. The maximum absolute atomic E-state index is 12.0. The molecule has 2 aromatic heterocycles. The van der Waals surface area contributed by atoms with Crippen LogP contribution in [-0.2, 0) is 11.3 Å². The van der Waals surface area contributed by atoms with Gasteiger partial charge in [-0.05, 0) is 22.4 Å². The summed E-state index contributed by atoms with van der Waals surface area (Å²) in [5.41, 5.74) is 7.64. The summed E-state index contributed by atoms with van der Waals surface area (Å²) in [6.07, 6.45) is 0. The number of anilines is 1. The highest BCUT2D eigenvalue weighted by Crippen LogP contribution is 2.26. The zero-order chi connectivity index (χ0) is 15.0. The van der Waals surface area contributed by atoms with Crippen molar-refractivity contribution in [3.63, 3.8) is 0 Å². The van der Waals surface area contributed by atoms with Crippen molar-refractivity contribution in [1.82, 2.24) is 24.8 Å². The van der Waals surface area contributed by atoms with Gasteiger partial charge in [0.25, 0.3) is 0 Å². The smallest absolute Gasteiger partial charge is 0.242 e. The number of likely N-dealkylation sites (N-methyl/N-ethyl adjacent to an activating group) is 1. The lowest BCUT2D eigenvalue weighted by molar-refractivity contribution is -0.129. The zero-order valence-electron chi connectivity index (χ0n) is 11.6. The lowest BCUT2D eigenvalue weighted by atomic mass is 10.3. The number of fused-ring (bicyclic) bond motifs is 1. The van der Waals surface area contributed by atoms with Gasteiger partial charge in [0.2, 0.25) is 5.91 Å². The van der Waals surface area contributed by atoms with E-state index in [1.54, 1.807) is 18.7 Å². The lowest BCUT2D eigenvalue weighted by Gasteiger charge is -2.12. The first-order chi connectivity index (χ1) is 10.1. The summed E-state index contributed by atoms with van der Waals surface area (Å²) in [5.74, 6) is 0.545. The highest BCUT2D eigenvalue weighted by molar-refractivity contribution is 5.85. The van der Waals surface area contributed by atoms with Gasteiger partial charge in [-0.25, -0.2) is 9.61 Å². The number of para-hydroxylation sites is 2. The van der Waals surface area contributed by atoms with Crippen LogP contribution in [0, 0.1) is 0 Å². The van der Waals surface area contributed by atoms with Crippen LogP contribution in [0.25, 0.3) is 22.6 Å². The molecule has 2 heterocycles. The molecule has 0 saturated carbocycles. The monoisotopic (exact) mass is 286 g/mol. The van der Waals surface area contributed by atoms with Gasteiger partial charge in [0.15, 0.2) is 17.3 Å². The first-order valence-electron chi connectivity index (χ1n) is 6.31. The summed E-state index contributed by atoms with van der Waals surface area (Å²) < 4.78 is 6.39. The second-order valence-corrected chi connectivity index (χ2v) is 4.80. The van der Waals surface area contributed by atoms with Crippen molar-refractivity contribution in [2.24, 2.45) is 0 Å². The summed E-state index contributed by atoms with van der Waals surface area (Å²) in [7, 11) is 3.40. The van der Waals surface area contributed by atoms with Crippen LogP contribution >= 0.6 is 0 Å². The Morgan fingerprint density at radius 3 is 2.76 bits per heavy atom. The van der Waals surface area contributed by atoms with E-state index in [-0.39, 0.29) is 18.3 Å². The number of benzene rings is 1. The van der Waals surface area contributed by atoms with Crippen molar-refractivity contribution in [1.29, 1.82) is 0 Å². The van der Waals surface area contributed by atoms with Gasteiger partial charge in [-0.15, -0.1) is 0 Å². The van der Waals surface area contributed by atoms with Gasteiger partial charge in [-0.3, -0.25) is 4.79 Å². The summed E-state index contributed by atoms with van der Waals surface area (Å²) >= 11 is 0. The van der Waals surface area contributed by atoms with Crippen molar-refractivity contribution in [2.45, 2.75) is 6.54 Å². The third-order valence-electron chi connectivity index (χ3n) is 3.17. The molecule has 8 heteroatoms.